The number of hydrogen-bond acceptors (Lipinski definition) is 8. The standard InChI is InChI=1S/C40H31BrCl3N3O7/c1-53-24-10-3-19(4-11-24)40-29(37(50)47(39(40)52)45-31-14-7-22(43)17-30(31)44)18-27-25(34(40)28-15-20(41)16-32(54-2)35(28)48)12-13-26-33(27)38(51)46(36(26)49)23-8-5-21(42)6-9-23/h3-12,14-17,26-27,29,33-34,45,48H,13,18H2,1-2H3/t26-,27+,29-,33-,34+,40+/m0/s1. The Bertz CT molecular complexity index is 2290. The number of aromatic hydroxyl groups is 1. The molecule has 8 rings (SSSR count). The van der Waals surface area contributed by atoms with Gasteiger partial charge in [-0.25, -0.2) is 0 Å². The summed E-state index contributed by atoms with van der Waals surface area (Å²) in [5.41, 5.74) is 3.40. The minimum atomic E-state index is -1.67. The zero-order valence-corrected chi connectivity index (χ0v) is 32.5. The van der Waals surface area contributed by atoms with E-state index in [-0.39, 0.29) is 41.0 Å². The lowest BCUT2D eigenvalue weighted by molar-refractivity contribution is -0.138. The Hall–Kier alpha value is -4.55. The van der Waals surface area contributed by atoms with Gasteiger partial charge < -0.3 is 14.6 Å². The monoisotopic (exact) mass is 849 g/mol. The summed E-state index contributed by atoms with van der Waals surface area (Å²) in [5.74, 6) is -5.83. The number of phenols is 1. The number of carbonyl (C=O) groups excluding carboxylic acids is 4. The van der Waals surface area contributed by atoms with E-state index in [0.29, 0.717) is 42.7 Å². The van der Waals surface area contributed by atoms with Crippen LogP contribution in [0.5, 0.6) is 17.2 Å². The number of fused-ring (bicyclic) bond motifs is 4. The first-order valence-corrected chi connectivity index (χ1v) is 19.0. The second-order valence-corrected chi connectivity index (χ2v) is 15.9. The van der Waals surface area contributed by atoms with Crippen molar-refractivity contribution in [2.24, 2.45) is 23.7 Å². The predicted molar refractivity (Wildman–Crippen MR) is 207 cm³/mol. The molecule has 1 saturated carbocycles. The number of amides is 4. The van der Waals surface area contributed by atoms with Crippen LogP contribution in [-0.2, 0) is 24.6 Å². The van der Waals surface area contributed by atoms with E-state index in [1.54, 1.807) is 72.8 Å². The lowest BCUT2D eigenvalue weighted by Crippen LogP contribution is -2.53. The first-order valence-electron chi connectivity index (χ1n) is 17.0. The summed E-state index contributed by atoms with van der Waals surface area (Å²) in [5, 5.41) is 13.9. The van der Waals surface area contributed by atoms with Gasteiger partial charge in [0.1, 0.15) is 5.75 Å². The molecule has 0 radical (unpaired) electrons. The van der Waals surface area contributed by atoms with E-state index >= 15 is 4.79 Å². The quantitative estimate of drug-likeness (QED) is 0.141. The summed E-state index contributed by atoms with van der Waals surface area (Å²) in [6, 6.07) is 21.3. The normalized spacial score (nSPS) is 26.0. The van der Waals surface area contributed by atoms with Crippen LogP contribution in [0.1, 0.15) is 29.9 Å². The van der Waals surface area contributed by atoms with Gasteiger partial charge in [0, 0.05) is 26.0 Å². The number of benzene rings is 4. The molecule has 276 valence electrons. The number of imide groups is 2. The number of halogens is 4. The van der Waals surface area contributed by atoms with Crippen molar-refractivity contribution in [3.05, 3.63) is 121 Å². The number of hydrogen-bond donors (Lipinski definition) is 2. The molecule has 4 aromatic rings. The van der Waals surface area contributed by atoms with Gasteiger partial charge in [-0.3, -0.25) is 29.5 Å². The van der Waals surface area contributed by atoms with Crippen LogP contribution in [-0.4, -0.2) is 48.0 Å². The fraction of sp³-hybridized carbons (Fsp3) is 0.250. The molecule has 54 heavy (non-hydrogen) atoms. The van der Waals surface area contributed by atoms with Crippen LogP contribution < -0.4 is 19.8 Å². The molecule has 4 aliphatic rings. The van der Waals surface area contributed by atoms with Crippen LogP contribution in [0.2, 0.25) is 15.1 Å². The predicted octanol–water partition coefficient (Wildman–Crippen LogP) is 8.32. The molecule has 2 N–H and O–H groups in total. The highest BCUT2D eigenvalue weighted by atomic mass is 79.9. The first kappa shape index (κ1) is 36.4. The zero-order chi connectivity index (χ0) is 38.2. The van der Waals surface area contributed by atoms with Crippen LogP contribution in [0.3, 0.4) is 0 Å². The van der Waals surface area contributed by atoms with Crippen molar-refractivity contribution in [2.45, 2.75) is 24.2 Å². The molecule has 10 nitrogen and oxygen atoms in total. The molecule has 3 fully saturated rings. The van der Waals surface area contributed by atoms with Crippen molar-refractivity contribution in [3.63, 3.8) is 0 Å². The second-order valence-electron chi connectivity index (χ2n) is 13.7. The summed E-state index contributed by atoms with van der Waals surface area (Å²) in [6.07, 6.45) is 2.15. The Kier molecular flexibility index (Phi) is 9.20. The highest BCUT2D eigenvalue weighted by Gasteiger charge is 2.71. The van der Waals surface area contributed by atoms with Gasteiger partial charge in [0.05, 0.1) is 53.8 Å². The molecule has 0 aromatic heterocycles. The summed E-state index contributed by atoms with van der Waals surface area (Å²) in [4.78, 5) is 60.2. The highest BCUT2D eigenvalue weighted by molar-refractivity contribution is 9.10. The average Bonchev–Trinajstić information content (AvgIpc) is 3.54. The van der Waals surface area contributed by atoms with Gasteiger partial charge in [-0.2, -0.15) is 5.01 Å². The summed E-state index contributed by atoms with van der Waals surface area (Å²) in [7, 11) is 2.94. The number of hydrazine groups is 1. The van der Waals surface area contributed by atoms with Crippen molar-refractivity contribution in [3.8, 4) is 17.2 Å². The maximum atomic E-state index is 15.5. The number of methoxy groups -OCH3 is 2. The molecular formula is C40H31BrCl3N3O7. The Morgan fingerprint density at radius 3 is 2.20 bits per heavy atom. The fourth-order valence-electron chi connectivity index (χ4n) is 9.00. The maximum Gasteiger partial charge on any atom is 0.260 e. The molecule has 0 spiro atoms. The zero-order valence-electron chi connectivity index (χ0n) is 28.7. The molecule has 0 bridgehead atoms. The number of allylic oxidation sites excluding steroid dienone is 2. The molecular weight excluding hydrogens is 821 g/mol. The van der Waals surface area contributed by atoms with E-state index in [0.717, 1.165) is 5.01 Å². The number of phenolic OH excluding ortho intramolecular Hbond substituents is 1. The molecule has 2 saturated heterocycles. The third-order valence-electron chi connectivity index (χ3n) is 11.3. The molecule has 4 amide bonds. The molecule has 2 heterocycles. The molecule has 4 aromatic carbocycles. The van der Waals surface area contributed by atoms with Gasteiger partial charge in [0.15, 0.2) is 11.5 Å². The van der Waals surface area contributed by atoms with Crippen molar-refractivity contribution in [2.75, 3.05) is 24.5 Å². The van der Waals surface area contributed by atoms with E-state index in [9.17, 15) is 19.5 Å². The summed E-state index contributed by atoms with van der Waals surface area (Å²) < 4.78 is 11.6. The van der Waals surface area contributed by atoms with Gasteiger partial charge in [0.25, 0.3) is 11.8 Å². The minimum Gasteiger partial charge on any atom is -0.504 e. The topological polar surface area (TPSA) is 125 Å². The lowest BCUT2D eigenvalue weighted by Gasteiger charge is -2.50. The van der Waals surface area contributed by atoms with Gasteiger partial charge in [-0.1, -0.05) is 74.5 Å². The average molecular weight is 852 g/mol. The Morgan fingerprint density at radius 1 is 0.833 bits per heavy atom. The van der Waals surface area contributed by atoms with E-state index in [2.05, 4.69) is 21.4 Å². The number of ether oxygens (including phenoxy) is 2. The molecule has 0 unspecified atom stereocenters. The van der Waals surface area contributed by atoms with Crippen LogP contribution in [0.15, 0.2) is 95.0 Å². The summed E-state index contributed by atoms with van der Waals surface area (Å²) >= 11 is 22.4. The van der Waals surface area contributed by atoms with Crippen molar-refractivity contribution < 1.29 is 33.8 Å². The molecule has 6 atom stereocenters. The smallest absolute Gasteiger partial charge is 0.260 e. The molecule has 2 aliphatic carbocycles. The number of rotatable bonds is 7. The Balaban J connectivity index is 1.36. The molecule has 14 heteroatoms. The Morgan fingerprint density at radius 2 is 1.54 bits per heavy atom. The van der Waals surface area contributed by atoms with Crippen molar-refractivity contribution in [1.29, 1.82) is 0 Å². The van der Waals surface area contributed by atoms with E-state index in [1.807, 2.05) is 6.08 Å². The minimum absolute atomic E-state index is 0.0476. The number of carbonyl (C=O) groups is 4. The first-order chi connectivity index (χ1) is 25.9. The lowest BCUT2D eigenvalue weighted by atomic mass is 9.49. The van der Waals surface area contributed by atoms with E-state index in [1.165, 1.54) is 25.2 Å². The fourth-order valence-corrected chi connectivity index (χ4v) is 10.0. The largest absolute Gasteiger partial charge is 0.504 e. The van der Waals surface area contributed by atoms with E-state index in [4.69, 9.17) is 44.3 Å². The summed E-state index contributed by atoms with van der Waals surface area (Å²) in [6.45, 7) is 0. The second kappa shape index (κ2) is 13.6. The maximum absolute atomic E-state index is 15.5. The van der Waals surface area contributed by atoms with E-state index < -0.39 is 52.7 Å². The van der Waals surface area contributed by atoms with Crippen molar-refractivity contribution >= 4 is 85.7 Å². The van der Waals surface area contributed by atoms with Crippen LogP contribution in [0.25, 0.3) is 0 Å². The third-order valence-corrected chi connectivity index (χ3v) is 12.5. The van der Waals surface area contributed by atoms with Crippen molar-refractivity contribution in [1.82, 2.24) is 5.01 Å². The van der Waals surface area contributed by atoms with Crippen LogP contribution >= 0.6 is 50.7 Å². The SMILES string of the molecule is COc1ccc([C@@]23C(=O)N(Nc4ccc(Cl)cc4Cl)C(=O)[C@@H]2C[C@@H]2C(=CC[C@@H]4C(=O)N(c5ccc(Cl)cc5)C(=O)[C@@H]42)[C@@H]3c2cc(Br)cc(OC)c2O)cc1. The highest BCUT2D eigenvalue weighted by Crippen LogP contribution is 2.65. The van der Waals surface area contributed by atoms with Gasteiger partial charge in [-0.05, 0) is 91.1 Å². The van der Waals surface area contributed by atoms with Crippen LogP contribution in [0, 0.1) is 23.7 Å². The number of nitrogens with zero attached hydrogens (tertiary/aromatic N) is 2. The van der Waals surface area contributed by atoms with Gasteiger partial charge in [-0.15, -0.1) is 0 Å². The molecule has 2 aliphatic heterocycles. The third kappa shape index (κ3) is 5.42. The van der Waals surface area contributed by atoms with Gasteiger partial charge in [0.2, 0.25) is 11.8 Å². The van der Waals surface area contributed by atoms with Gasteiger partial charge >= 0.3 is 0 Å². The number of nitrogens with one attached hydrogen (secondary N) is 1. The Labute approximate surface area is 333 Å². The van der Waals surface area contributed by atoms with Crippen LogP contribution in [0.4, 0.5) is 11.4 Å². The number of anilines is 2.